The van der Waals surface area contributed by atoms with Crippen molar-refractivity contribution in [3.63, 3.8) is 0 Å². The highest BCUT2D eigenvalue weighted by Crippen LogP contribution is 2.35. The normalized spacial score (nSPS) is 14.4. The number of nitrogens with one attached hydrogen (secondary N) is 2. The number of aromatic nitrogens is 2. The van der Waals surface area contributed by atoms with Gasteiger partial charge in [-0.3, -0.25) is 10.1 Å². The van der Waals surface area contributed by atoms with Crippen molar-refractivity contribution in [1.29, 1.82) is 0 Å². The number of hydrogen-bond donors (Lipinski definition) is 2. The van der Waals surface area contributed by atoms with Gasteiger partial charge in [0.05, 0.1) is 16.0 Å². The first-order valence-corrected chi connectivity index (χ1v) is 12.0. The molecule has 8 heteroatoms. The largest absolute Gasteiger partial charge is 0.369 e. The lowest BCUT2D eigenvalue weighted by Gasteiger charge is -2.34. The zero-order valence-corrected chi connectivity index (χ0v) is 19.9. The average Bonchev–Trinajstić information content (AvgIpc) is 3.28. The van der Waals surface area contributed by atoms with Crippen LogP contribution in [-0.4, -0.2) is 53.0 Å². The van der Waals surface area contributed by atoms with E-state index in [0.717, 1.165) is 64.9 Å². The van der Waals surface area contributed by atoms with Crippen LogP contribution in [0.3, 0.4) is 0 Å². The zero-order valence-electron chi connectivity index (χ0n) is 19.9. The number of aromatic amines is 1. The Morgan fingerprint density at radius 2 is 1.72 bits per heavy atom. The minimum absolute atomic E-state index is 0.0477. The van der Waals surface area contributed by atoms with Gasteiger partial charge in [-0.05, 0) is 54.6 Å². The summed E-state index contributed by atoms with van der Waals surface area (Å²) in [6, 6.07) is 23.6. The second-order valence-corrected chi connectivity index (χ2v) is 9.24. The van der Waals surface area contributed by atoms with Crippen LogP contribution in [0, 0.1) is 10.1 Å². The number of anilines is 3. The van der Waals surface area contributed by atoms with Crippen molar-refractivity contribution in [3.8, 4) is 11.1 Å². The van der Waals surface area contributed by atoms with Crippen molar-refractivity contribution in [1.82, 2.24) is 14.9 Å². The van der Waals surface area contributed by atoms with Gasteiger partial charge in [-0.25, -0.2) is 4.98 Å². The van der Waals surface area contributed by atoms with Crippen LogP contribution < -0.4 is 10.2 Å². The topological polar surface area (TPSA) is 90.3 Å². The molecule has 0 amide bonds. The molecule has 0 spiro atoms. The summed E-state index contributed by atoms with van der Waals surface area (Å²) in [7, 11) is 2.17. The number of pyridine rings is 1. The fourth-order valence-electron chi connectivity index (χ4n) is 4.88. The van der Waals surface area contributed by atoms with Crippen molar-refractivity contribution in [3.05, 3.63) is 89.1 Å². The molecule has 1 aliphatic heterocycles. The minimum Gasteiger partial charge on any atom is -0.369 e. The zero-order chi connectivity index (χ0) is 24.6. The monoisotopic (exact) mass is 478 g/mol. The van der Waals surface area contributed by atoms with E-state index in [2.05, 4.69) is 74.6 Å². The van der Waals surface area contributed by atoms with E-state index in [1.807, 2.05) is 12.1 Å². The molecular formula is C28H26N6O2. The second-order valence-electron chi connectivity index (χ2n) is 9.24. The van der Waals surface area contributed by atoms with Crippen molar-refractivity contribution < 1.29 is 4.92 Å². The number of fused-ring (bicyclic) bond motifs is 3. The molecule has 0 radical (unpaired) electrons. The third-order valence-corrected chi connectivity index (χ3v) is 6.90. The molecule has 8 nitrogen and oxygen atoms in total. The number of nitro benzene ring substituents is 1. The van der Waals surface area contributed by atoms with Crippen LogP contribution in [0.1, 0.15) is 0 Å². The van der Waals surface area contributed by atoms with E-state index >= 15 is 0 Å². The second kappa shape index (κ2) is 8.98. The van der Waals surface area contributed by atoms with Gasteiger partial charge in [0, 0.05) is 66.8 Å². The number of likely N-dealkylation sites (N-methyl/N-ethyl adjacent to an activating group) is 1. The molecule has 6 rings (SSSR count). The number of H-pyrrole nitrogens is 1. The number of piperazine rings is 1. The van der Waals surface area contributed by atoms with Crippen LogP contribution in [0.25, 0.3) is 33.1 Å². The van der Waals surface area contributed by atoms with Gasteiger partial charge in [-0.2, -0.15) is 0 Å². The molecule has 3 heterocycles. The fraction of sp³-hybridized carbons (Fsp3) is 0.179. The van der Waals surface area contributed by atoms with Crippen molar-refractivity contribution in [2.75, 3.05) is 43.4 Å². The molecule has 1 aliphatic rings. The summed E-state index contributed by atoms with van der Waals surface area (Å²) in [6.45, 7) is 4.26. The van der Waals surface area contributed by atoms with Gasteiger partial charge in [0.25, 0.3) is 5.69 Å². The van der Waals surface area contributed by atoms with Gasteiger partial charge in [-0.1, -0.05) is 24.3 Å². The van der Waals surface area contributed by atoms with E-state index in [0.29, 0.717) is 5.69 Å². The Hall–Kier alpha value is -4.43. The molecule has 0 unspecified atom stereocenters. The maximum atomic E-state index is 11.2. The molecular weight excluding hydrogens is 452 g/mol. The summed E-state index contributed by atoms with van der Waals surface area (Å²) in [5, 5.41) is 16.6. The van der Waals surface area contributed by atoms with Crippen molar-refractivity contribution in [2.24, 2.45) is 0 Å². The molecule has 1 saturated heterocycles. The maximum Gasteiger partial charge on any atom is 0.271 e. The third-order valence-electron chi connectivity index (χ3n) is 6.90. The number of nitro groups is 1. The molecule has 0 saturated carbocycles. The van der Waals surface area contributed by atoms with E-state index in [9.17, 15) is 10.1 Å². The number of nitrogens with zero attached hydrogens (tertiary/aromatic N) is 4. The van der Waals surface area contributed by atoms with E-state index < -0.39 is 0 Å². The van der Waals surface area contributed by atoms with Gasteiger partial charge in [0.2, 0.25) is 0 Å². The van der Waals surface area contributed by atoms with Crippen LogP contribution >= 0.6 is 0 Å². The van der Waals surface area contributed by atoms with E-state index in [1.165, 1.54) is 17.8 Å². The number of benzene rings is 3. The molecule has 180 valence electrons. The Bertz CT molecular complexity index is 1570. The summed E-state index contributed by atoms with van der Waals surface area (Å²) in [6.07, 6.45) is 1.73. The fourth-order valence-corrected chi connectivity index (χ4v) is 4.88. The highest BCUT2D eigenvalue weighted by molar-refractivity contribution is 6.13. The Kier molecular flexibility index (Phi) is 5.50. The Labute approximate surface area is 208 Å². The van der Waals surface area contributed by atoms with Gasteiger partial charge in [0.1, 0.15) is 5.65 Å². The third kappa shape index (κ3) is 4.12. The molecule has 2 N–H and O–H groups in total. The van der Waals surface area contributed by atoms with E-state index in [-0.39, 0.29) is 10.6 Å². The molecule has 0 bridgehead atoms. The molecule has 36 heavy (non-hydrogen) atoms. The highest BCUT2D eigenvalue weighted by atomic mass is 16.6. The summed E-state index contributed by atoms with van der Waals surface area (Å²) in [5.74, 6) is 0. The quantitative estimate of drug-likeness (QED) is 0.246. The Morgan fingerprint density at radius 1 is 0.944 bits per heavy atom. The molecule has 3 aromatic carbocycles. The predicted molar refractivity (Wildman–Crippen MR) is 145 cm³/mol. The van der Waals surface area contributed by atoms with E-state index in [1.54, 1.807) is 12.3 Å². The van der Waals surface area contributed by atoms with E-state index in [4.69, 9.17) is 0 Å². The first-order valence-electron chi connectivity index (χ1n) is 12.0. The lowest BCUT2D eigenvalue weighted by atomic mass is 10.0. The Balaban J connectivity index is 1.35. The summed E-state index contributed by atoms with van der Waals surface area (Å²) in [5.41, 5.74) is 6.83. The number of hydrogen-bond acceptors (Lipinski definition) is 6. The minimum atomic E-state index is -0.389. The summed E-state index contributed by atoms with van der Waals surface area (Å²) in [4.78, 5) is 23.5. The smallest absolute Gasteiger partial charge is 0.271 e. The molecule has 0 aliphatic carbocycles. The van der Waals surface area contributed by atoms with Crippen molar-refractivity contribution >= 4 is 44.7 Å². The van der Waals surface area contributed by atoms with Crippen LogP contribution in [-0.2, 0) is 0 Å². The summed E-state index contributed by atoms with van der Waals surface area (Å²) < 4.78 is 0. The first kappa shape index (κ1) is 22.1. The van der Waals surface area contributed by atoms with Gasteiger partial charge in [0.15, 0.2) is 0 Å². The molecule has 0 atom stereocenters. The standard InChI is InChI=1S/C28H26N6O2/c1-32-13-15-33(16-14-32)22-8-5-19(6-9-22)20-7-10-25-24(17-20)27-26(11-12-29-28(27)31-25)30-21-3-2-4-23(18-21)34(35)36/h2-12,17-18H,13-16H2,1H3,(H2,29,30,31). The number of rotatable bonds is 5. The lowest BCUT2D eigenvalue weighted by molar-refractivity contribution is -0.384. The number of non-ortho nitro benzene ring substituents is 1. The molecule has 1 fully saturated rings. The van der Waals surface area contributed by atoms with Gasteiger partial charge >= 0.3 is 0 Å². The Morgan fingerprint density at radius 3 is 2.50 bits per heavy atom. The van der Waals surface area contributed by atoms with Crippen LogP contribution in [0.5, 0.6) is 0 Å². The van der Waals surface area contributed by atoms with Crippen LogP contribution in [0.2, 0.25) is 0 Å². The SMILES string of the molecule is CN1CCN(c2ccc(-c3ccc4[nH]c5nccc(Nc6cccc([N+](=O)[O-])c6)c5c4c3)cc2)CC1. The van der Waals surface area contributed by atoms with Crippen LogP contribution in [0.15, 0.2) is 79.0 Å². The van der Waals surface area contributed by atoms with Crippen LogP contribution in [0.4, 0.5) is 22.7 Å². The predicted octanol–water partition coefficient (Wildman–Crippen LogP) is 5.79. The maximum absolute atomic E-state index is 11.2. The first-order chi connectivity index (χ1) is 17.5. The van der Waals surface area contributed by atoms with Gasteiger partial charge < -0.3 is 20.1 Å². The molecule has 5 aromatic rings. The lowest BCUT2D eigenvalue weighted by Crippen LogP contribution is -2.44. The van der Waals surface area contributed by atoms with Gasteiger partial charge in [-0.15, -0.1) is 0 Å². The molecule has 2 aromatic heterocycles. The summed E-state index contributed by atoms with van der Waals surface area (Å²) >= 11 is 0. The van der Waals surface area contributed by atoms with Crippen molar-refractivity contribution in [2.45, 2.75) is 0 Å². The highest BCUT2D eigenvalue weighted by Gasteiger charge is 2.15. The average molecular weight is 479 g/mol.